The molecule has 1 aliphatic carbocycles. The minimum atomic E-state index is -0.0675. The summed E-state index contributed by atoms with van der Waals surface area (Å²) in [4.78, 5) is 14.7. The quantitative estimate of drug-likeness (QED) is 0.857. The van der Waals surface area contributed by atoms with E-state index in [0.717, 1.165) is 56.4 Å². The summed E-state index contributed by atoms with van der Waals surface area (Å²) in [6, 6.07) is 3.57. The second kappa shape index (κ2) is 6.59. The summed E-state index contributed by atoms with van der Waals surface area (Å²) in [6.07, 6.45) is 7.30. The van der Waals surface area contributed by atoms with Crippen LogP contribution in [0.15, 0.2) is 22.9 Å². The van der Waals surface area contributed by atoms with E-state index in [2.05, 4.69) is 15.4 Å². The summed E-state index contributed by atoms with van der Waals surface area (Å²) in [6.45, 7) is 1.26. The minimum absolute atomic E-state index is 0.0469. The summed E-state index contributed by atoms with van der Waals surface area (Å²) in [5, 5.41) is 11.8. The van der Waals surface area contributed by atoms with E-state index in [9.17, 15) is 4.79 Å². The van der Waals surface area contributed by atoms with Gasteiger partial charge in [0.15, 0.2) is 5.69 Å². The number of nitrogens with zero attached hydrogens (tertiary/aromatic N) is 4. The van der Waals surface area contributed by atoms with Crippen LogP contribution in [-0.2, 0) is 12.8 Å². The number of ether oxygens (including phenoxy) is 1. The molecule has 1 saturated heterocycles. The van der Waals surface area contributed by atoms with Crippen LogP contribution in [0.25, 0.3) is 0 Å². The van der Waals surface area contributed by atoms with E-state index in [1.807, 2.05) is 4.90 Å². The number of aromatic nitrogens is 3. The molecular formula is C17H20N4O3. The van der Waals surface area contributed by atoms with Gasteiger partial charge in [-0.1, -0.05) is 5.16 Å². The van der Waals surface area contributed by atoms with Gasteiger partial charge in [-0.25, -0.2) is 0 Å². The first-order valence-electron chi connectivity index (χ1n) is 8.52. The fourth-order valence-corrected chi connectivity index (χ4v) is 3.44. The number of hydrogen-bond acceptors (Lipinski definition) is 6. The summed E-state index contributed by atoms with van der Waals surface area (Å²) in [5.41, 5.74) is 1.49. The van der Waals surface area contributed by atoms with Crippen LogP contribution in [0.4, 0.5) is 0 Å². The lowest BCUT2D eigenvalue weighted by molar-refractivity contribution is 0.0516. The normalized spacial score (nSPS) is 20.5. The van der Waals surface area contributed by atoms with Gasteiger partial charge in [0.2, 0.25) is 5.88 Å². The number of fused-ring (bicyclic) bond motifs is 1. The highest BCUT2D eigenvalue weighted by Gasteiger charge is 2.31. The third-order valence-electron chi connectivity index (χ3n) is 4.65. The molecule has 0 radical (unpaired) electrons. The molecule has 1 atom stereocenters. The van der Waals surface area contributed by atoms with Crippen molar-refractivity contribution in [2.24, 2.45) is 0 Å². The van der Waals surface area contributed by atoms with Crippen LogP contribution in [0, 0.1) is 0 Å². The number of aryl methyl sites for hydroxylation is 1. The van der Waals surface area contributed by atoms with E-state index < -0.39 is 0 Å². The molecule has 1 fully saturated rings. The maximum absolute atomic E-state index is 12.9. The minimum Gasteiger partial charge on any atom is -0.471 e. The topological polar surface area (TPSA) is 81.4 Å². The monoisotopic (exact) mass is 328 g/mol. The van der Waals surface area contributed by atoms with Gasteiger partial charge in [0.05, 0.1) is 6.54 Å². The standard InChI is InChI=1S/C17H20N4O3/c22-17(16-13-6-1-2-7-14(13)24-20-16)21-10-4-5-12(11-21)23-15-8-3-9-18-19-15/h3,8-9,12H,1-2,4-7,10-11H2/t12-/m0/s1. The lowest BCUT2D eigenvalue weighted by atomic mass is 9.96. The first kappa shape index (κ1) is 15.1. The van der Waals surface area contributed by atoms with Crippen LogP contribution in [0.2, 0.25) is 0 Å². The van der Waals surface area contributed by atoms with Crippen molar-refractivity contribution in [1.82, 2.24) is 20.3 Å². The molecule has 0 N–H and O–H groups in total. The zero-order valence-corrected chi connectivity index (χ0v) is 13.5. The van der Waals surface area contributed by atoms with Gasteiger partial charge in [0.25, 0.3) is 5.91 Å². The molecule has 2 aromatic rings. The number of hydrogen-bond donors (Lipinski definition) is 0. The molecule has 1 aliphatic heterocycles. The average Bonchev–Trinajstić information content (AvgIpc) is 3.06. The van der Waals surface area contributed by atoms with Gasteiger partial charge in [-0.2, -0.15) is 5.10 Å². The van der Waals surface area contributed by atoms with Crippen LogP contribution in [0.3, 0.4) is 0 Å². The molecule has 0 saturated carbocycles. The summed E-state index contributed by atoms with van der Waals surface area (Å²) >= 11 is 0. The van der Waals surface area contributed by atoms with Gasteiger partial charge in [-0.15, -0.1) is 5.10 Å². The van der Waals surface area contributed by atoms with Crippen molar-refractivity contribution in [2.75, 3.05) is 13.1 Å². The van der Waals surface area contributed by atoms with Gasteiger partial charge in [-0.05, 0) is 38.2 Å². The molecule has 3 heterocycles. The Bertz CT molecular complexity index is 716. The Balaban J connectivity index is 1.46. The molecule has 7 heteroatoms. The van der Waals surface area contributed by atoms with Gasteiger partial charge in [0.1, 0.15) is 11.9 Å². The van der Waals surface area contributed by atoms with E-state index in [1.165, 1.54) is 0 Å². The first-order valence-corrected chi connectivity index (χ1v) is 8.52. The molecule has 2 aliphatic rings. The second-order valence-corrected chi connectivity index (χ2v) is 6.34. The van der Waals surface area contributed by atoms with E-state index in [1.54, 1.807) is 18.3 Å². The molecule has 0 unspecified atom stereocenters. The van der Waals surface area contributed by atoms with Crippen molar-refractivity contribution in [3.63, 3.8) is 0 Å². The molecule has 0 bridgehead atoms. The number of carbonyl (C=O) groups is 1. The highest BCUT2D eigenvalue weighted by atomic mass is 16.5. The maximum Gasteiger partial charge on any atom is 0.276 e. The van der Waals surface area contributed by atoms with Crippen molar-refractivity contribution in [2.45, 2.75) is 44.6 Å². The van der Waals surface area contributed by atoms with Gasteiger partial charge >= 0.3 is 0 Å². The Labute approximate surface area is 140 Å². The SMILES string of the molecule is O=C(c1noc2c1CCCC2)N1CCC[C@H](Oc2cccnn2)C1. The highest BCUT2D eigenvalue weighted by Crippen LogP contribution is 2.26. The third kappa shape index (κ3) is 2.98. The van der Waals surface area contributed by atoms with Crippen molar-refractivity contribution in [3.05, 3.63) is 35.3 Å². The predicted molar refractivity (Wildman–Crippen MR) is 84.7 cm³/mol. The number of amides is 1. The molecule has 126 valence electrons. The Kier molecular flexibility index (Phi) is 4.15. The molecule has 2 aromatic heterocycles. The first-order chi connectivity index (χ1) is 11.8. The molecule has 0 spiro atoms. The zero-order valence-electron chi connectivity index (χ0n) is 13.5. The number of rotatable bonds is 3. The Morgan fingerprint density at radius 3 is 3.08 bits per heavy atom. The molecule has 0 aromatic carbocycles. The van der Waals surface area contributed by atoms with Crippen molar-refractivity contribution in [1.29, 1.82) is 0 Å². The fourth-order valence-electron chi connectivity index (χ4n) is 3.44. The van der Waals surface area contributed by atoms with Crippen molar-refractivity contribution in [3.8, 4) is 5.88 Å². The number of likely N-dealkylation sites (tertiary alicyclic amines) is 1. The molecule has 7 nitrogen and oxygen atoms in total. The zero-order chi connectivity index (χ0) is 16.4. The highest BCUT2D eigenvalue weighted by molar-refractivity contribution is 5.94. The summed E-state index contributed by atoms with van der Waals surface area (Å²) in [7, 11) is 0. The van der Waals surface area contributed by atoms with Crippen LogP contribution in [-0.4, -0.2) is 45.4 Å². The van der Waals surface area contributed by atoms with Gasteiger partial charge < -0.3 is 14.2 Å². The summed E-state index contributed by atoms with van der Waals surface area (Å²) < 4.78 is 11.2. The fraction of sp³-hybridized carbons (Fsp3) is 0.529. The van der Waals surface area contributed by atoms with Crippen LogP contribution in [0.5, 0.6) is 5.88 Å². The van der Waals surface area contributed by atoms with Gasteiger partial charge in [-0.3, -0.25) is 4.79 Å². The predicted octanol–water partition coefficient (Wildman–Crippen LogP) is 2.03. The van der Waals surface area contributed by atoms with Gasteiger partial charge in [0, 0.05) is 30.8 Å². The molecule has 24 heavy (non-hydrogen) atoms. The largest absolute Gasteiger partial charge is 0.471 e. The van der Waals surface area contributed by atoms with E-state index in [-0.39, 0.29) is 12.0 Å². The van der Waals surface area contributed by atoms with E-state index in [0.29, 0.717) is 18.1 Å². The Hall–Kier alpha value is -2.44. The Morgan fingerprint density at radius 1 is 1.29 bits per heavy atom. The van der Waals surface area contributed by atoms with Crippen molar-refractivity contribution >= 4 is 5.91 Å². The summed E-state index contributed by atoms with van der Waals surface area (Å²) in [5.74, 6) is 1.33. The lowest BCUT2D eigenvalue weighted by Crippen LogP contribution is -2.44. The number of piperidine rings is 1. The molecule has 4 rings (SSSR count). The Morgan fingerprint density at radius 2 is 2.21 bits per heavy atom. The number of carbonyl (C=O) groups excluding carboxylic acids is 1. The molecular weight excluding hydrogens is 308 g/mol. The van der Waals surface area contributed by atoms with E-state index >= 15 is 0 Å². The van der Waals surface area contributed by atoms with Crippen LogP contribution >= 0.6 is 0 Å². The van der Waals surface area contributed by atoms with Crippen LogP contribution in [0.1, 0.15) is 47.5 Å². The second-order valence-electron chi connectivity index (χ2n) is 6.34. The third-order valence-corrected chi connectivity index (χ3v) is 4.65. The smallest absolute Gasteiger partial charge is 0.276 e. The maximum atomic E-state index is 12.9. The lowest BCUT2D eigenvalue weighted by Gasteiger charge is -2.32. The average molecular weight is 328 g/mol. The van der Waals surface area contributed by atoms with Crippen LogP contribution < -0.4 is 4.74 Å². The van der Waals surface area contributed by atoms with E-state index in [4.69, 9.17) is 9.26 Å². The molecule has 1 amide bonds. The van der Waals surface area contributed by atoms with Crippen molar-refractivity contribution < 1.29 is 14.1 Å².